The van der Waals surface area contributed by atoms with Gasteiger partial charge in [-0.25, -0.2) is 0 Å². The number of unbranched alkanes of at least 4 members (excludes halogenated alkanes) is 7. The van der Waals surface area contributed by atoms with E-state index in [2.05, 4.69) is 30.9 Å². The molecule has 0 aromatic rings. The Morgan fingerprint density at radius 3 is 2.14 bits per heavy atom. The van der Waals surface area contributed by atoms with Crippen LogP contribution in [0.15, 0.2) is 0 Å². The predicted octanol–water partition coefficient (Wildman–Crippen LogP) is 6.03. The highest BCUT2D eigenvalue weighted by atomic mass is 32.2. The maximum atomic E-state index is 3.74. The molecule has 21 heavy (non-hydrogen) atoms. The molecule has 1 fully saturated rings. The van der Waals surface area contributed by atoms with Gasteiger partial charge in [-0.1, -0.05) is 65.2 Å². The smallest absolute Gasteiger partial charge is 0.00695 e. The van der Waals surface area contributed by atoms with Crippen molar-refractivity contribution in [1.29, 1.82) is 0 Å². The van der Waals surface area contributed by atoms with Gasteiger partial charge >= 0.3 is 0 Å². The maximum absolute atomic E-state index is 3.74. The Labute approximate surface area is 138 Å². The molecule has 1 rings (SSSR count). The van der Waals surface area contributed by atoms with E-state index < -0.39 is 0 Å². The average Bonchev–Trinajstić information content (AvgIpc) is 2.51. The summed E-state index contributed by atoms with van der Waals surface area (Å²) in [5, 5.41) is 3.74. The fraction of sp³-hybridized carbons (Fsp3) is 1.00. The van der Waals surface area contributed by atoms with Crippen LogP contribution < -0.4 is 5.32 Å². The van der Waals surface area contributed by atoms with E-state index in [0.29, 0.717) is 0 Å². The van der Waals surface area contributed by atoms with Crippen molar-refractivity contribution in [3.63, 3.8) is 0 Å². The molecule has 0 amide bonds. The molecule has 1 N–H and O–H groups in total. The lowest BCUT2D eigenvalue weighted by atomic mass is 9.91. The highest BCUT2D eigenvalue weighted by Gasteiger charge is 2.18. The van der Waals surface area contributed by atoms with E-state index >= 15 is 0 Å². The summed E-state index contributed by atoms with van der Waals surface area (Å²) < 4.78 is 0. The normalized spacial score (nSPS) is 18.0. The van der Waals surface area contributed by atoms with Gasteiger partial charge in [0.15, 0.2) is 0 Å². The van der Waals surface area contributed by atoms with Crippen molar-refractivity contribution in [3.05, 3.63) is 0 Å². The SMILES string of the molecule is CCCCCCCCCCC(CC1CCSCC1)NCC. The number of hydrogen-bond acceptors (Lipinski definition) is 2. The van der Waals surface area contributed by atoms with E-state index in [0.717, 1.165) is 18.5 Å². The Morgan fingerprint density at radius 2 is 1.52 bits per heavy atom. The highest BCUT2D eigenvalue weighted by Crippen LogP contribution is 2.27. The molecule has 2 heteroatoms. The van der Waals surface area contributed by atoms with Crippen LogP contribution in [-0.2, 0) is 0 Å². The van der Waals surface area contributed by atoms with Crippen LogP contribution >= 0.6 is 11.8 Å². The Morgan fingerprint density at radius 1 is 0.905 bits per heavy atom. The average molecular weight is 314 g/mol. The van der Waals surface area contributed by atoms with Crippen LogP contribution in [0, 0.1) is 5.92 Å². The summed E-state index contributed by atoms with van der Waals surface area (Å²) in [6.07, 6.45) is 17.3. The fourth-order valence-electron chi connectivity index (χ4n) is 3.50. The van der Waals surface area contributed by atoms with Crippen molar-refractivity contribution in [3.8, 4) is 0 Å². The number of rotatable bonds is 13. The van der Waals surface area contributed by atoms with E-state index in [1.807, 2.05) is 0 Å². The van der Waals surface area contributed by atoms with Crippen LogP contribution in [0.4, 0.5) is 0 Å². The van der Waals surface area contributed by atoms with E-state index in [4.69, 9.17) is 0 Å². The first kappa shape index (κ1) is 19.4. The standard InChI is InChI=1S/C19H39NS/c1-3-5-6-7-8-9-10-11-12-19(20-4-2)17-18-13-15-21-16-14-18/h18-20H,3-17H2,1-2H3. The molecule has 0 radical (unpaired) electrons. The molecule has 1 aliphatic rings. The van der Waals surface area contributed by atoms with Gasteiger partial charge in [-0.3, -0.25) is 0 Å². The van der Waals surface area contributed by atoms with Crippen molar-refractivity contribution in [2.75, 3.05) is 18.1 Å². The molecule has 1 atom stereocenters. The largest absolute Gasteiger partial charge is 0.314 e. The van der Waals surface area contributed by atoms with Gasteiger partial charge in [-0.05, 0) is 49.7 Å². The summed E-state index contributed by atoms with van der Waals surface area (Å²) in [5.74, 6) is 3.81. The summed E-state index contributed by atoms with van der Waals surface area (Å²) in [5.41, 5.74) is 0. The zero-order valence-corrected chi connectivity index (χ0v) is 15.5. The molecule has 0 aromatic carbocycles. The molecular weight excluding hydrogens is 274 g/mol. The topological polar surface area (TPSA) is 12.0 Å². The fourth-order valence-corrected chi connectivity index (χ4v) is 4.71. The van der Waals surface area contributed by atoms with Crippen LogP contribution in [0.3, 0.4) is 0 Å². The lowest BCUT2D eigenvalue weighted by molar-refractivity contribution is 0.346. The monoisotopic (exact) mass is 313 g/mol. The van der Waals surface area contributed by atoms with Gasteiger partial charge in [-0.2, -0.15) is 11.8 Å². The molecule has 1 saturated heterocycles. The third-order valence-electron chi connectivity index (χ3n) is 4.86. The van der Waals surface area contributed by atoms with E-state index in [1.54, 1.807) is 0 Å². The first-order chi connectivity index (χ1) is 10.4. The molecular formula is C19H39NS. The minimum atomic E-state index is 0.795. The Balaban J connectivity index is 2.02. The minimum absolute atomic E-state index is 0.795. The van der Waals surface area contributed by atoms with Gasteiger partial charge < -0.3 is 5.32 Å². The zero-order chi connectivity index (χ0) is 15.2. The van der Waals surface area contributed by atoms with E-state index in [1.165, 1.54) is 88.6 Å². The van der Waals surface area contributed by atoms with Crippen molar-refractivity contribution in [2.45, 2.75) is 96.9 Å². The van der Waals surface area contributed by atoms with Gasteiger partial charge in [0.25, 0.3) is 0 Å². The van der Waals surface area contributed by atoms with Gasteiger partial charge in [0, 0.05) is 6.04 Å². The Bertz CT molecular complexity index is 214. The molecule has 0 aromatic heterocycles. The third kappa shape index (κ3) is 10.6. The zero-order valence-electron chi connectivity index (χ0n) is 14.7. The van der Waals surface area contributed by atoms with Crippen LogP contribution in [-0.4, -0.2) is 24.1 Å². The van der Waals surface area contributed by atoms with Crippen LogP contribution in [0.25, 0.3) is 0 Å². The maximum Gasteiger partial charge on any atom is 0.00695 e. The minimum Gasteiger partial charge on any atom is -0.314 e. The van der Waals surface area contributed by atoms with Gasteiger partial charge in [-0.15, -0.1) is 0 Å². The van der Waals surface area contributed by atoms with Gasteiger partial charge in [0.1, 0.15) is 0 Å². The highest BCUT2D eigenvalue weighted by molar-refractivity contribution is 7.99. The quantitative estimate of drug-likeness (QED) is 0.417. The first-order valence-corrected chi connectivity index (χ1v) is 10.8. The summed E-state index contributed by atoms with van der Waals surface area (Å²) >= 11 is 2.15. The van der Waals surface area contributed by atoms with Crippen LogP contribution in [0.2, 0.25) is 0 Å². The molecule has 126 valence electrons. The van der Waals surface area contributed by atoms with Gasteiger partial charge in [0.05, 0.1) is 0 Å². The second-order valence-corrected chi connectivity index (χ2v) is 8.03. The number of thioether (sulfide) groups is 1. The second kappa shape index (κ2) is 13.9. The summed E-state index contributed by atoms with van der Waals surface area (Å²) in [4.78, 5) is 0. The van der Waals surface area contributed by atoms with Crippen molar-refractivity contribution >= 4 is 11.8 Å². The van der Waals surface area contributed by atoms with Crippen molar-refractivity contribution < 1.29 is 0 Å². The third-order valence-corrected chi connectivity index (χ3v) is 5.91. The van der Waals surface area contributed by atoms with Crippen LogP contribution in [0.1, 0.15) is 90.9 Å². The van der Waals surface area contributed by atoms with E-state index in [9.17, 15) is 0 Å². The lowest BCUT2D eigenvalue weighted by Gasteiger charge is -2.27. The summed E-state index contributed by atoms with van der Waals surface area (Å²) in [6, 6.07) is 0.795. The summed E-state index contributed by atoms with van der Waals surface area (Å²) in [7, 11) is 0. The molecule has 0 aliphatic carbocycles. The van der Waals surface area contributed by atoms with Crippen molar-refractivity contribution in [1.82, 2.24) is 5.32 Å². The van der Waals surface area contributed by atoms with Crippen molar-refractivity contribution in [2.24, 2.45) is 5.92 Å². The second-order valence-electron chi connectivity index (χ2n) is 6.81. The Kier molecular flexibility index (Phi) is 12.8. The molecule has 0 bridgehead atoms. The molecule has 0 saturated carbocycles. The number of nitrogens with one attached hydrogen (secondary N) is 1. The first-order valence-electron chi connectivity index (χ1n) is 9.68. The molecule has 1 nitrogen and oxygen atoms in total. The molecule has 0 spiro atoms. The number of hydrogen-bond donors (Lipinski definition) is 1. The lowest BCUT2D eigenvalue weighted by Crippen LogP contribution is -2.32. The molecule has 1 unspecified atom stereocenters. The Hall–Kier alpha value is 0.310. The summed E-state index contributed by atoms with van der Waals surface area (Å²) in [6.45, 7) is 5.70. The predicted molar refractivity (Wildman–Crippen MR) is 99.4 cm³/mol. The molecule has 1 aliphatic heterocycles. The van der Waals surface area contributed by atoms with Crippen LogP contribution in [0.5, 0.6) is 0 Å². The van der Waals surface area contributed by atoms with E-state index in [-0.39, 0.29) is 0 Å². The molecule has 1 heterocycles. The van der Waals surface area contributed by atoms with Gasteiger partial charge in [0.2, 0.25) is 0 Å².